The monoisotopic (exact) mass is 226 g/mol. The number of ether oxygens (including phenoxy) is 1. The molecule has 4 unspecified atom stereocenters. The van der Waals surface area contributed by atoms with Gasteiger partial charge in [-0.25, -0.2) is 0 Å². The number of rotatable bonds is 5. The minimum atomic E-state index is 0.0963. The quantitative estimate of drug-likeness (QED) is 0.723. The third-order valence-electron chi connectivity index (χ3n) is 3.74. The maximum atomic E-state index is 11.9. The summed E-state index contributed by atoms with van der Waals surface area (Å²) in [5.41, 5.74) is 5.69. The van der Waals surface area contributed by atoms with Crippen molar-refractivity contribution in [2.45, 2.75) is 44.8 Å². The molecule has 1 amide bonds. The molecule has 92 valence electrons. The molecule has 0 aromatic rings. The number of nitrogens with two attached hydrogens (primary N) is 1. The van der Waals surface area contributed by atoms with Crippen molar-refractivity contribution in [3.8, 4) is 0 Å². The van der Waals surface area contributed by atoms with Gasteiger partial charge >= 0.3 is 0 Å². The van der Waals surface area contributed by atoms with E-state index in [1.54, 1.807) is 0 Å². The van der Waals surface area contributed by atoms with Crippen LogP contribution in [-0.4, -0.2) is 31.2 Å². The minimum absolute atomic E-state index is 0.0963. The highest BCUT2D eigenvalue weighted by Crippen LogP contribution is 2.34. The number of nitrogens with one attached hydrogen (secondary N) is 1. The van der Waals surface area contributed by atoms with Crippen LogP contribution in [0.15, 0.2) is 0 Å². The van der Waals surface area contributed by atoms with Crippen LogP contribution in [0.25, 0.3) is 0 Å². The van der Waals surface area contributed by atoms with Crippen molar-refractivity contribution in [1.82, 2.24) is 5.32 Å². The Morgan fingerprint density at radius 3 is 3.00 bits per heavy atom. The fourth-order valence-corrected chi connectivity index (χ4v) is 2.64. The molecular formula is C12H22N2O2. The summed E-state index contributed by atoms with van der Waals surface area (Å²) in [5.74, 6) is 0.746. The van der Waals surface area contributed by atoms with Crippen molar-refractivity contribution in [2.24, 2.45) is 17.6 Å². The van der Waals surface area contributed by atoms with Crippen molar-refractivity contribution in [3.05, 3.63) is 0 Å². The van der Waals surface area contributed by atoms with E-state index < -0.39 is 0 Å². The molecule has 2 fully saturated rings. The largest absolute Gasteiger partial charge is 0.378 e. The van der Waals surface area contributed by atoms with Crippen molar-refractivity contribution in [2.75, 3.05) is 13.2 Å². The van der Waals surface area contributed by atoms with Crippen molar-refractivity contribution in [1.29, 1.82) is 0 Å². The van der Waals surface area contributed by atoms with Crippen LogP contribution in [0.1, 0.15) is 32.6 Å². The molecule has 16 heavy (non-hydrogen) atoms. The minimum Gasteiger partial charge on any atom is -0.378 e. The fourth-order valence-electron chi connectivity index (χ4n) is 2.64. The maximum Gasteiger partial charge on any atom is 0.226 e. The molecular weight excluding hydrogens is 204 g/mol. The lowest BCUT2D eigenvalue weighted by Crippen LogP contribution is -2.41. The fraction of sp³-hybridized carbons (Fsp3) is 0.917. The van der Waals surface area contributed by atoms with E-state index in [4.69, 9.17) is 10.5 Å². The summed E-state index contributed by atoms with van der Waals surface area (Å²) in [6.07, 6.45) is 4.48. The standard InChI is InChI=1S/C12H22N2O2/c1-2-16-11-6-9(11)12(15)14-10-5-3-4-8(10)7-13/h8-11H,2-7,13H2,1H3,(H,14,15). The Kier molecular flexibility index (Phi) is 3.82. The first-order valence-corrected chi connectivity index (χ1v) is 6.38. The lowest BCUT2D eigenvalue weighted by Gasteiger charge is -2.19. The predicted octanol–water partition coefficient (Wildman–Crippen LogP) is 0.655. The Hall–Kier alpha value is -0.610. The van der Waals surface area contributed by atoms with Gasteiger partial charge in [-0.2, -0.15) is 0 Å². The van der Waals surface area contributed by atoms with E-state index in [1.165, 1.54) is 6.42 Å². The molecule has 4 atom stereocenters. The topological polar surface area (TPSA) is 64.3 Å². The smallest absolute Gasteiger partial charge is 0.226 e. The van der Waals surface area contributed by atoms with E-state index in [0.717, 1.165) is 19.3 Å². The maximum absolute atomic E-state index is 11.9. The van der Waals surface area contributed by atoms with Crippen LogP contribution in [-0.2, 0) is 9.53 Å². The van der Waals surface area contributed by atoms with Crippen LogP contribution < -0.4 is 11.1 Å². The molecule has 4 heteroatoms. The summed E-state index contributed by atoms with van der Waals surface area (Å²) in [7, 11) is 0. The van der Waals surface area contributed by atoms with E-state index in [1.807, 2.05) is 6.92 Å². The molecule has 0 aliphatic heterocycles. The van der Waals surface area contributed by atoms with Gasteiger partial charge in [-0.05, 0) is 38.6 Å². The second-order valence-corrected chi connectivity index (χ2v) is 4.88. The summed E-state index contributed by atoms with van der Waals surface area (Å²) in [6.45, 7) is 3.35. The normalized spacial score (nSPS) is 37.4. The first-order valence-electron chi connectivity index (χ1n) is 6.38. The van der Waals surface area contributed by atoms with Crippen molar-refractivity contribution < 1.29 is 9.53 Å². The highest BCUT2D eigenvalue weighted by Gasteiger charge is 2.45. The Morgan fingerprint density at radius 1 is 1.50 bits per heavy atom. The van der Waals surface area contributed by atoms with Crippen molar-refractivity contribution >= 4 is 5.91 Å². The number of carbonyl (C=O) groups excluding carboxylic acids is 1. The Morgan fingerprint density at radius 2 is 2.31 bits per heavy atom. The number of amides is 1. The van der Waals surface area contributed by atoms with Crippen molar-refractivity contribution in [3.63, 3.8) is 0 Å². The zero-order chi connectivity index (χ0) is 11.5. The van der Waals surface area contributed by atoms with Crippen LogP contribution in [0.3, 0.4) is 0 Å². The molecule has 0 aromatic heterocycles. The van der Waals surface area contributed by atoms with Crippen LogP contribution in [0.4, 0.5) is 0 Å². The van der Waals surface area contributed by atoms with Gasteiger partial charge in [0.2, 0.25) is 5.91 Å². The molecule has 0 bridgehead atoms. The third-order valence-corrected chi connectivity index (χ3v) is 3.74. The Labute approximate surface area is 96.9 Å². The van der Waals surface area contributed by atoms with E-state index in [-0.39, 0.29) is 17.9 Å². The number of carbonyl (C=O) groups is 1. The summed E-state index contributed by atoms with van der Waals surface area (Å²) in [6, 6.07) is 0.306. The van der Waals surface area contributed by atoms with Gasteiger partial charge in [0, 0.05) is 12.6 Å². The summed E-state index contributed by atoms with van der Waals surface area (Å²) in [5, 5.41) is 3.13. The third kappa shape index (κ3) is 2.55. The Balaban J connectivity index is 1.75. The molecule has 0 heterocycles. The van der Waals surface area contributed by atoms with Gasteiger partial charge in [0.25, 0.3) is 0 Å². The predicted molar refractivity (Wildman–Crippen MR) is 61.8 cm³/mol. The number of hydrogen-bond acceptors (Lipinski definition) is 3. The molecule has 4 nitrogen and oxygen atoms in total. The molecule has 3 N–H and O–H groups in total. The van der Waals surface area contributed by atoms with E-state index in [9.17, 15) is 4.79 Å². The molecule has 0 saturated heterocycles. The van der Waals surface area contributed by atoms with Crippen LogP contribution in [0.5, 0.6) is 0 Å². The van der Waals surface area contributed by atoms with E-state index >= 15 is 0 Å². The molecule has 2 rings (SSSR count). The molecule has 2 aliphatic rings. The zero-order valence-corrected chi connectivity index (χ0v) is 9.95. The van der Waals surface area contributed by atoms with Gasteiger partial charge in [-0.15, -0.1) is 0 Å². The van der Waals surface area contributed by atoms with Gasteiger partial charge in [0.05, 0.1) is 12.0 Å². The molecule has 0 aromatic carbocycles. The second kappa shape index (κ2) is 5.15. The number of hydrogen-bond donors (Lipinski definition) is 2. The summed E-state index contributed by atoms with van der Waals surface area (Å²) >= 11 is 0. The van der Waals surface area contributed by atoms with Crippen LogP contribution in [0, 0.1) is 11.8 Å². The Bertz CT molecular complexity index is 257. The van der Waals surface area contributed by atoms with Gasteiger partial charge in [-0.1, -0.05) is 6.42 Å². The second-order valence-electron chi connectivity index (χ2n) is 4.88. The summed E-state index contributed by atoms with van der Waals surface area (Å²) < 4.78 is 5.42. The lowest BCUT2D eigenvalue weighted by atomic mass is 10.0. The van der Waals surface area contributed by atoms with Gasteiger partial charge in [0.1, 0.15) is 0 Å². The highest BCUT2D eigenvalue weighted by atomic mass is 16.5. The average molecular weight is 226 g/mol. The molecule has 0 radical (unpaired) electrons. The van der Waals surface area contributed by atoms with E-state index in [2.05, 4.69) is 5.32 Å². The van der Waals surface area contributed by atoms with Gasteiger partial charge in [-0.3, -0.25) is 4.79 Å². The zero-order valence-electron chi connectivity index (χ0n) is 9.95. The molecule has 2 saturated carbocycles. The van der Waals surface area contributed by atoms with Crippen LogP contribution >= 0.6 is 0 Å². The van der Waals surface area contributed by atoms with Gasteiger partial charge in [0.15, 0.2) is 0 Å². The lowest BCUT2D eigenvalue weighted by molar-refractivity contribution is -0.124. The first kappa shape index (κ1) is 11.9. The van der Waals surface area contributed by atoms with Crippen LogP contribution in [0.2, 0.25) is 0 Å². The molecule has 0 spiro atoms. The SMILES string of the molecule is CCOC1CC1C(=O)NC1CCCC1CN. The molecule has 2 aliphatic carbocycles. The summed E-state index contributed by atoms with van der Waals surface area (Å²) in [4.78, 5) is 11.9. The highest BCUT2D eigenvalue weighted by molar-refractivity contribution is 5.82. The average Bonchev–Trinajstić information content (AvgIpc) is 2.90. The first-order chi connectivity index (χ1) is 7.76. The van der Waals surface area contributed by atoms with E-state index in [0.29, 0.717) is 25.1 Å². The van der Waals surface area contributed by atoms with Gasteiger partial charge < -0.3 is 15.8 Å².